The smallest absolute Gasteiger partial charge is 0.358 e. The Morgan fingerprint density at radius 2 is 2.23 bits per heavy atom. The Morgan fingerprint density at radius 1 is 1.35 bits per heavy atom. The average Bonchev–Trinajstić information content (AvgIpc) is 3.29. The second-order valence-electron chi connectivity index (χ2n) is 6.36. The summed E-state index contributed by atoms with van der Waals surface area (Å²) in [5.41, 5.74) is 2.36. The number of H-pyrrole nitrogens is 1. The summed E-state index contributed by atoms with van der Waals surface area (Å²) in [4.78, 5) is 37.3. The number of oxazole rings is 1. The monoisotopic (exact) mass is 354 g/mol. The van der Waals surface area contributed by atoms with E-state index in [1.165, 1.54) is 0 Å². The lowest BCUT2D eigenvalue weighted by Crippen LogP contribution is -2.39. The van der Waals surface area contributed by atoms with Gasteiger partial charge in [0.1, 0.15) is 0 Å². The minimum atomic E-state index is -1.15. The van der Waals surface area contributed by atoms with Gasteiger partial charge in [0.25, 0.3) is 0 Å². The van der Waals surface area contributed by atoms with Crippen LogP contribution in [-0.2, 0) is 11.2 Å². The van der Waals surface area contributed by atoms with Gasteiger partial charge in [0, 0.05) is 24.5 Å². The third kappa shape index (κ3) is 2.83. The van der Waals surface area contributed by atoms with E-state index in [1.54, 1.807) is 17.3 Å². The fraction of sp³-hybridized carbons (Fsp3) is 0.333. The molecule has 0 aromatic carbocycles. The summed E-state index contributed by atoms with van der Waals surface area (Å²) < 4.78 is 5.35. The third-order valence-electron chi connectivity index (χ3n) is 4.78. The van der Waals surface area contributed by atoms with Crippen LogP contribution in [0.5, 0.6) is 0 Å². The minimum absolute atomic E-state index is 0.0750. The van der Waals surface area contributed by atoms with Crippen LogP contribution in [0.3, 0.4) is 0 Å². The molecule has 2 N–H and O–H groups in total. The number of aromatic amines is 1. The molecule has 134 valence electrons. The van der Waals surface area contributed by atoms with Crippen molar-refractivity contribution in [3.63, 3.8) is 0 Å². The summed E-state index contributed by atoms with van der Waals surface area (Å²) in [6.45, 7) is 0.568. The largest absolute Gasteiger partial charge is 0.476 e. The first-order valence-corrected chi connectivity index (χ1v) is 8.52. The molecule has 1 unspecified atom stereocenters. The van der Waals surface area contributed by atoms with Crippen LogP contribution in [0.1, 0.15) is 47.1 Å². The first-order valence-electron chi connectivity index (χ1n) is 8.52. The Hall–Kier alpha value is -3.16. The van der Waals surface area contributed by atoms with Crippen LogP contribution in [0, 0.1) is 0 Å². The van der Waals surface area contributed by atoms with E-state index in [0.717, 1.165) is 35.8 Å². The minimum Gasteiger partial charge on any atom is -0.476 e. The highest BCUT2D eigenvalue weighted by atomic mass is 16.4. The van der Waals surface area contributed by atoms with Gasteiger partial charge in [-0.3, -0.25) is 9.78 Å². The molecule has 26 heavy (non-hydrogen) atoms. The Labute approximate surface area is 148 Å². The van der Waals surface area contributed by atoms with Crippen molar-refractivity contribution >= 4 is 22.9 Å². The van der Waals surface area contributed by atoms with Crippen LogP contribution in [0.15, 0.2) is 35.3 Å². The quantitative estimate of drug-likeness (QED) is 0.744. The summed E-state index contributed by atoms with van der Waals surface area (Å²) in [6, 6.07) is 3.35. The van der Waals surface area contributed by atoms with Crippen molar-refractivity contribution < 1.29 is 19.1 Å². The molecule has 0 aliphatic carbocycles. The van der Waals surface area contributed by atoms with E-state index >= 15 is 0 Å². The number of nitrogens with one attached hydrogen (secondary N) is 1. The summed E-state index contributed by atoms with van der Waals surface area (Å²) in [7, 11) is 0. The molecule has 1 fully saturated rings. The molecule has 4 heterocycles. The van der Waals surface area contributed by atoms with E-state index in [-0.39, 0.29) is 23.8 Å². The third-order valence-corrected chi connectivity index (χ3v) is 4.78. The molecule has 1 saturated heterocycles. The number of rotatable bonds is 4. The molecular weight excluding hydrogens is 336 g/mol. The number of amides is 1. The molecule has 1 aliphatic heterocycles. The Bertz CT molecular complexity index is 961. The van der Waals surface area contributed by atoms with Gasteiger partial charge in [0.2, 0.25) is 5.91 Å². The maximum atomic E-state index is 13.0. The zero-order valence-corrected chi connectivity index (χ0v) is 14.0. The lowest BCUT2D eigenvalue weighted by Gasteiger charge is -2.34. The number of hydrogen-bond donors (Lipinski definition) is 2. The van der Waals surface area contributed by atoms with Crippen molar-refractivity contribution in [2.24, 2.45) is 0 Å². The predicted molar refractivity (Wildman–Crippen MR) is 91.6 cm³/mol. The van der Waals surface area contributed by atoms with Gasteiger partial charge in [-0.2, -0.15) is 0 Å². The summed E-state index contributed by atoms with van der Waals surface area (Å²) in [5.74, 6) is -0.968. The van der Waals surface area contributed by atoms with Crippen molar-refractivity contribution in [2.45, 2.75) is 31.7 Å². The van der Waals surface area contributed by atoms with Gasteiger partial charge in [0.15, 0.2) is 17.8 Å². The van der Waals surface area contributed by atoms with E-state index in [2.05, 4.69) is 15.0 Å². The fourth-order valence-corrected chi connectivity index (χ4v) is 3.57. The molecule has 0 saturated carbocycles. The second-order valence-corrected chi connectivity index (χ2v) is 6.36. The van der Waals surface area contributed by atoms with E-state index in [0.29, 0.717) is 13.0 Å². The van der Waals surface area contributed by atoms with Crippen LogP contribution < -0.4 is 0 Å². The number of aromatic nitrogens is 3. The van der Waals surface area contributed by atoms with Gasteiger partial charge in [-0.25, -0.2) is 9.78 Å². The molecule has 1 atom stereocenters. The number of nitrogens with zero attached hydrogens (tertiary/aromatic N) is 3. The summed E-state index contributed by atoms with van der Waals surface area (Å²) in [5, 5.41) is 9.30. The van der Waals surface area contributed by atoms with E-state index in [4.69, 9.17) is 4.42 Å². The number of fused-ring (bicyclic) bond motifs is 1. The number of carbonyl (C=O) groups excluding carboxylic acids is 1. The molecule has 0 spiro atoms. The van der Waals surface area contributed by atoms with Gasteiger partial charge >= 0.3 is 5.97 Å². The molecule has 3 aromatic rings. The average molecular weight is 354 g/mol. The highest BCUT2D eigenvalue weighted by molar-refractivity contribution is 5.88. The van der Waals surface area contributed by atoms with Gasteiger partial charge in [-0.1, -0.05) is 0 Å². The normalized spacial score (nSPS) is 17.5. The Balaban J connectivity index is 1.60. The number of likely N-dealkylation sites (tertiary alicyclic amines) is 1. The van der Waals surface area contributed by atoms with E-state index in [1.807, 2.05) is 12.1 Å². The maximum Gasteiger partial charge on any atom is 0.358 e. The number of hydrogen-bond acceptors (Lipinski definition) is 5. The Kier molecular flexibility index (Phi) is 4.16. The zero-order valence-electron chi connectivity index (χ0n) is 14.0. The molecule has 8 nitrogen and oxygen atoms in total. The van der Waals surface area contributed by atoms with Crippen LogP contribution in [-0.4, -0.2) is 43.4 Å². The number of carbonyl (C=O) groups is 2. The zero-order chi connectivity index (χ0) is 18.1. The van der Waals surface area contributed by atoms with Gasteiger partial charge in [0.05, 0.1) is 23.5 Å². The standard InChI is InChI=1S/C18H18N4O4/c23-14(8-11-9-20-12-4-3-6-19-15(11)12)22-7-2-1-5-13(22)17-16(18(24)25)21-10-26-17/h3-4,6,9-10,13,20H,1-2,5,7-8H2,(H,24,25). The number of piperidine rings is 1. The van der Waals surface area contributed by atoms with Gasteiger partial charge < -0.3 is 19.4 Å². The van der Waals surface area contributed by atoms with Crippen LogP contribution in [0.4, 0.5) is 0 Å². The maximum absolute atomic E-state index is 13.0. The topological polar surface area (TPSA) is 112 Å². The summed E-state index contributed by atoms with van der Waals surface area (Å²) in [6.07, 6.45) is 7.26. The molecule has 0 bridgehead atoms. The molecule has 1 amide bonds. The predicted octanol–water partition coefficient (Wildman–Crippen LogP) is 2.55. The molecule has 0 radical (unpaired) electrons. The molecule has 8 heteroatoms. The SMILES string of the molecule is O=C(O)c1ncoc1C1CCCCN1C(=O)Cc1c[nH]c2cccnc12. The van der Waals surface area contributed by atoms with Crippen LogP contribution >= 0.6 is 0 Å². The van der Waals surface area contributed by atoms with E-state index < -0.39 is 12.0 Å². The van der Waals surface area contributed by atoms with Crippen molar-refractivity contribution in [1.82, 2.24) is 19.9 Å². The van der Waals surface area contributed by atoms with Crippen molar-refractivity contribution in [3.05, 3.63) is 47.9 Å². The lowest BCUT2D eigenvalue weighted by atomic mass is 9.97. The number of pyridine rings is 1. The van der Waals surface area contributed by atoms with Crippen LogP contribution in [0.25, 0.3) is 11.0 Å². The molecule has 4 rings (SSSR count). The molecular formula is C18H18N4O4. The highest BCUT2D eigenvalue weighted by Crippen LogP contribution is 2.33. The number of carboxylic acids is 1. The first-order chi connectivity index (χ1) is 12.6. The van der Waals surface area contributed by atoms with Crippen molar-refractivity contribution in [2.75, 3.05) is 6.54 Å². The van der Waals surface area contributed by atoms with Crippen molar-refractivity contribution in [1.29, 1.82) is 0 Å². The Morgan fingerprint density at radius 3 is 3.08 bits per heavy atom. The highest BCUT2D eigenvalue weighted by Gasteiger charge is 2.34. The van der Waals surface area contributed by atoms with E-state index in [9.17, 15) is 14.7 Å². The first kappa shape index (κ1) is 16.3. The van der Waals surface area contributed by atoms with Crippen LogP contribution in [0.2, 0.25) is 0 Å². The lowest BCUT2D eigenvalue weighted by molar-refractivity contribution is -0.134. The number of aromatic carboxylic acids is 1. The second kappa shape index (κ2) is 6.62. The summed E-state index contributed by atoms with van der Waals surface area (Å²) >= 11 is 0. The fourth-order valence-electron chi connectivity index (χ4n) is 3.57. The van der Waals surface area contributed by atoms with Gasteiger partial charge in [-0.15, -0.1) is 0 Å². The molecule has 1 aliphatic rings. The molecule has 3 aromatic heterocycles. The number of carboxylic acid groups (broad SMARTS) is 1. The van der Waals surface area contributed by atoms with Crippen molar-refractivity contribution in [3.8, 4) is 0 Å². The van der Waals surface area contributed by atoms with Gasteiger partial charge in [-0.05, 0) is 31.4 Å².